The van der Waals surface area contributed by atoms with Crippen molar-refractivity contribution in [2.75, 3.05) is 5.32 Å². The van der Waals surface area contributed by atoms with E-state index in [1.807, 2.05) is 6.20 Å². The molecule has 0 bridgehead atoms. The number of hydrogen-bond acceptors (Lipinski definition) is 5. The van der Waals surface area contributed by atoms with E-state index in [2.05, 4.69) is 75.2 Å². The van der Waals surface area contributed by atoms with Crippen LogP contribution in [0.25, 0.3) is 10.9 Å². The summed E-state index contributed by atoms with van der Waals surface area (Å²) >= 11 is 1.74. The Bertz CT molecular complexity index is 1070. The average Bonchev–Trinajstić information content (AvgIpc) is 3.22. The fraction of sp³-hybridized carbons (Fsp3) is 0.261. The van der Waals surface area contributed by atoms with Gasteiger partial charge in [0.05, 0.1) is 11.7 Å². The van der Waals surface area contributed by atoms with Gasteiger partial charge in [-0.25, -0.2) is 9.97 Å². The van der Waals surface area contributed by atoms with Crippen LogP contribution in [0.5, 0.6) is 0 Å². The maximum absolute atomic E-state index is 4.54. The van der Waals surface area contributed by atoms with Crippen molar-refractivity contribution in [3.8, 4) is 0 Å². The summed E-state index contributed by atoms with van der Waals surface area (Å²) < 4.78 is 0. The van der Waals surface area contributed by atoms with Crippen LogP contribution in [0.1, 0.15) is 42.1 Å². The molecule has 0 amide bonds. The minimum atomic E-state index is 0.829. The number of anilines is 2. The van der Waals surface area contributed by atoms with Crippen molar-refractivity contribution in [1.29, 1.82) is 0 Å². The van der Waals surface area contributed by atoms with E-state index in [1.165, 1.54) is 16.7 Å². The summed E-state index contributed by atoms with van der Waals surface area (Å²) in [5, 5.41) is 8.84. The monoisotopic (exact) mass is 388 g/mol. The third-order valence-electron chi connectivity index (χ3n) is 4.94. The average molecular weight is 389 g/mol. The standard InChI is InChI=1S/C23H24N4S/c1-3-4-5-19-12-21-22(13-24-19)25-15-26-23(21)27-20-7-6-18(16(2)10-20)11-17-8-9-28-14-17/h6-10,12-15H,3-5,11H2,1-2H3,(H,25,26,27). The Balaban J connectivity index is 1.59. The number of aryl methyl sites for hydroxylation is 2. The van der Waals surface area contributed by atoms with Crippen LogP contribution in [0.3, 0.4) is 0 Å². The van der Waals surface area contributed by atoms with Crippen LogP contribution < -0.4 is 5.32 Å². The quantitative estimate of drug-likeness (QED) is 0.417. The molecule has 1 N–H and O–H groups in total. The van der Waals surface area contributed by atoms with Gasteiger partial charge >= 0.3 is 0 Å². The van der Waals surface area contributed by atoms with Crippen LogP contribution in [-0.4, -0.2) is 15.0 Å². The van der Waals surface area contributed by atoms with Gasteiger partial charge in [-0.3, -0.25) is 4.98 Å². The first-order valence-corrected chi connectivity index (χ1v) is 10.6. The van der Waals surface area contributed by atoms with Crippen molar-refractivity contribution in [3.63, 3.8) is 0 Å². The second-order valence-corrected chi connectivity index (χ2v) is 7.87. The Morgan fingerprint density at radius 3 is 2.79 bits per heavy atom. The number of unbranched alkanes of at least 4 members (excludes halogenated alkanes) is 1. The summed E-state index contributed by atoms with van der Waals surface area (Å²) in [6.45, 7) is 4.36. The van der Waals surface area contributed by atoms with Crippen LogP contribution in [0.15, 0.2) is 53.6 Å². The van der Waals surface area contributed by atoms with Gasteiger partial charge in [-0.1, -0.05) is 19.4 Å². The summed E-state index contributed by atoms with van der Waals surface area (Å²) in [4.78, 5) is 13.4. The molecule has 4 rings (SSSR count). The molecule has 1 aromatic carbocycles. The van der Waals surface area contributed by atoms with E-state index in [-0.39, 0.29) is 0 Å². The molecule has 3 aromatic heterocycles. The highest BCUT2D eigenvalue weighted by Crippen LogP contribution is 2.26. The van der Waals surface area contributed by atoms with Crippen LogP contribution in [0.2, 0.25) is 0 Å². The normalized spacial score (nSPS) is 11.1. The first kappa shape index (κ1) is 18.6. The number of fused-ring (bicyclic) bond motifs is 1. The van der Waals surface area contributed by atoms with Gasteiger partial charge in [0.1, 0.15) is 12.1 Å². The summed E-state index contributed by atoms with van der Waals surface area (Å²) in [7, 11) is 0. The molecule has 0 radical (unpaired) electrons. The number of benzene rings is 1. The molecule has 5 heteroatoms. The van der Waals surface area contributed by atoms with Gasteiger partial charge in [0.2, 0.25) is 0 Å². The maximum atomic E-state index is 4.54. The van der Waals surface area contributed by atoms with Gasteiger partial charge in [0.15, 0.2) is 0 Å². The van der Waals surface area contributed by atoms with Gasteiger partial charge in [-0.15, -0.1) is 0 Å². The van der Waals surface area contributed by atoms with Gasteiger partial charge in [-0.2, -0.15) is 11.3 Å². The predicted octanol–water partition coefficient (Wildman–Crippen LogP) is 6.07. The zero-order chi connectivity index (χ0) is 19.3. The summed E-state index contributed by atoms with van der Waals surface area (Å²) in [6, 6.07) is 10.8. The first-order chi connectivity index (χ1) is 13.7. The van der Waals surface area contributed by atoms with Gasteiger partial charge < -0.3 is 5.32 Å². The molecule has 0 spiro atoms. The molecule has 0 saturated carbocycles. The zero-order valence-electron chi connectivity index (χ0n) is 16.3. The summed E-state index contributed by atoms with van der Waals surface area (Å²) in [5.74, 6) is 0.829. The van der Waals surface area contributed by atoms with Crippen molar-refractivity contribution in [2.24, 2.45) is 0 Å². The highest BCUT2D eigenvalue weighted by atomic mass is 32.1. The molecule has 0 aliphatic rings. The molecule has 0 aliphatic heterocycles. The molecule has 4 aromatic rings. The SMILES string of the molecule is CCCCc1cc2c(Nc3ccc(Cc4ccsc4)c(C)c3)ncnc2cn1. The molecule has 4 nitrogen and oxygen atoms in total. The number of pyridine rings is 1. The second-order valence-electron chi connectivity index (χ2n) is 7.09. The van der Waals surface area contributed by atoms with Crippen molar-refractivity contribution in [2.45, 2.75) is 39.5 Å². The van der Waals surface area contributed by atoms with E-state index in [0.717, 1.165) is 53.8 Å². The molecule has 3 heterocycles. The summed E-state index contributed by atoms with van der Waals surface area (Å²) in [6.07, 6.45) is 7.70. The fourth-order valence-corrected chi connectivity index (χ4v) is 3.99. The number of thiophene rings is 1. The third-order valence-corrected chi connectivity index (χ3v) is 5.68. The molecule has 0 unspecified atom stereocenters. The van der Waals surface area contributed by atoms with Crippen LogP contribution in [0.4, 0.5) is 11.5 Å². The van der Waals surface area contributed by atoms with Crippen molar-refractivity contribution < 1.29 is 0 Å². The molecule has 0 fully saturated rings. The molecule has 0 aliphatic carbocycles. The summed E-state index contributed by atoms with van der Waals surface area (Å²) in [5.41, 5.74) is 6.99. The lowest BCUT2D eigenvalue weighted by Crippen LogP contribution is -1.99. The van der Waals surface area contributed by atoms with E-state index >= 15 is 0 Å². The van der Waals surface area contributed by atoms with Gasteiger partial charge in [0, 0.05) is 16.8 Å². The molecule has 142 valence electrons. The number of nitrogens with zero attached hydrogens (tertiary/aromatic N) is 3. The largest absolute Gasteiger partial charge is 0.340 e. The fourth-order valence-electron chi connectivity index (χ4n) is 3.32. The van der Waals surface area contributed by atoms with E-state index in [1.54, 1.807) is 17.7 Å². The lowest BCUT2D eigenvalue weighted by atomic mass is 10.0. The van der Waals surface area contributed by atoms with Crippen LogP contribution in [-0.2, 0) is 12.8 Å². The molecular formula is C23H24N4S. The minimum absolute atomic E-state index is 0.829. The van der Waals surface area contributed by atoms with E-state index in [0.29, 0.717) is 0 Å². The van der Waals surface area contributed by atoms with E-state index in [9.17, 15) is 0 Å². The number of aromatic nitrogens is 3. The van der Waals surface area contributed by atoms with Crippen LogP contribution >= 0.6 is 11.3 Å². The Kier molecular flexibility index (Phi) is 5.63. The number of rotatable bonds is 7. The first-order valence-electron chi connectivity index (χ1n) is 9.70. The highest BCUT2D eigenvalue weighted by molar-refractivity contribution is 7.07. The molecule has 0 saturated heterocycles. The smallest absolute Gasteiger partial charge is 0.141 e. The van der Waals surface area contributed by atoms with Crippen molar-refractivity contribution >= 4 is 33.7 Å². The van der Waals surface area contributed by atoms with E-state index in [4.69, 9.17) is 0 Å². The topological polar surface area (TPSA) is 50.7 Å². The maximum Gasteiger partial charge on any atom is 0.141 e. The minimum Gasteiger partial charge on any atom is -0.340 e. The van der Waals surface area contributed by atoms with Crippen molar-refractivity contribution in [3.05, 3.63) is 76.0 Å². The van der Waals surface area contributed by atoms with E-state index < -0.39 is 0 Å². The van der Waals surface area contributed by atoms with Gasteiger partial charge in [-0.05, 0) is 77.9 Å². The lowest BCUT2D eigenvalue weighted by Gasteiger charge is -2.12. The number of hydrogen-bond donors (Lipinski definition) is 1. The Morgan fingerprint density at radius 1 is 1.07 bits per heavy atom. The zero-order valence-corrected chi connectivity index (χ0v) is 17.1. The van der Waals surface area contributed by atoms with Crippen LogP contribution in [0, 0.1) is 6.92 Å². The molecular weight excluding hydrogens is 364 g/mol. The Labute approximate surface area is 169 Å². The molecule has 0 atom stereocenters. The Morgan fingerprint density at radius 2 is 2.00 bits per heavy atom. The second kappa shape index (κ2) is 8.48. The number of nitrogens with one attached hydrogen (secondary N) is 1. The predicted molar refractivity (Wildman–Crippen MR) is 118 cm³/mol. The highest BCUT2D eigenvalue weighted by Gasteiger charge is 2.08. The molecule has 28 heavy (non-hydrogen) atoms. The Hall–Kier alpha value is -2.79. The third kappa shape index (κ3) is 4.20. The lowest BCUT2D eigenvalue weighted by molar-refractivity contribution is 0.778. The van der Waals surface area contributed by atoms with Crippen molar-refractivity contribution in [1.82, 2.24) is 15.0 Å². The van der Waals surface area contributed by atoms with Gasteiger partial charge in [0.25, 0.3) is 0 Å².